The number of aromatic nitrogens is 3. The van der Waals surface area contributed by atoms with E-state index >= 15 is 0 Å². The van der Waals surface area contributed by atoms with Gasteiger partial charge < -0.3 is 14.5 Å². The average Bonchev–Trinajstić information content (AvgIpc) is 3.19. The number of rotatable bonds is 6. The Kier molecular flexibility index (Phi) is 5.25. The molecular weight excluding hydrogens is 351 g/mol. The minimum absolute atomic E-state index is 0.0788. The number of nitrogens with one attached hydrogen (secondary N) is 1. The molecule has 0 aliphatic carbocycles. The van der Waals surface area contributed by atoms with Gasteiger partial charge in [-0.05, 0) is 32.9 Å². The van der Waals surface area contributed by atoms with Crippen LogP contribution < -0.4 is 10.1 Å². The number of benzene rings is 1. The highest BCUT2D eigenvalue weighted by Gasteiger charge is 2.20. The fourth-order valence-corrected chi connectivity index (χ4v) is 2.94. The Balaban J connectivity index is 1.63. The summed E-state index contributed by atoms with van der Waals surface area (Å²) in [6.07, 6.45) is 1.26. The molecule has 0 saturated heterocycles. The topological polar surface area (TPSA) is 82.2 Å². The molecule has 7 nitrogen and oxygen atoms in total. The van der Waals surface area contributed by atoms with E-state index < -0.39 is 5.82 Å². The lowest BCUT2D eigenvalue weighted by Gasteiger charge is -2.13. The number of carbonyl (C=O) groups is 1. The second kappa shape index (κ2) is 7.61. The van der Waals surface area contributed by atoms with Gasteiger partial charge in [0.2, 0.25) is 5.89 Å². The molecule has 0 saturated carbocycles. The third kappa shape index (κ3) is 3.99. The van der Waals surface area contributed by atoms with Crippen LogP contribution in [0.4, 0.5) is 4.39 Å². The quantitative estimate of drug-likeness (QED) is 0.718. The van der Waals surface area contributed by atoms with E-state index in [-0.39, 0.29) is 35.9 Å². The first-order valence-electron chi connectivity index (χ1n) is 8.49. The number of hydrogen-bond donors (Lipinski definition) is 1. The number of ether oxygens (including phenoxy) is 1. The van der Waals surface area contributed by atoms with Gasteiger partial charge in [0.25, 0.3) is 5.91 Å². The molecule has 0 aliphatic heterocycles. The monoisotopic (exact) mass is 372 g/mol. The van der Waals surface area contributed by atoms with E-state index in [1.165, 1.54) is 18.4 Å². The van der Waals surface area contributed by atoms with Crippen molar-refractivity contribution < 1.29 is 18.3 Å². The summed E-state index contributed by atoms with van der Waals surface area (Å²) in [7, 11) is 1.86. The number of para-hydroxylation sites is 1. The molecule has 2 aromatic heterocycles. The Morgan fingerprint density at radius 3 is 2.78 bits per heavy atom. The molecule has 0 bridgehead atoms. The van der Waals surface area contributed by atoms with Crippen LogP contribution >= 0.6 is 0 Å². The zero-order valence-electron chi connectivity index (χ0n) is 15.6. The minimum Gasteiger partial charge on any atom is -0.481 e. The molecule has 1 aromatic carbocycles. The lowest BCUT2D eigenvalue weighted by atomic mass is 10.1. The molecule has 0 radical (unpaired) electrons. The lowest BCUT2D eigenvalue weighted by Crippen LogP contribution is -2.27. The summed E-state index contributed by atoms with van der Waals surface area (Å²) < 4.78 is 25.9. The van der Waals surface area contributed by atoms with Crippen molar-refractivity contribution in [2.24, 2.45) is 7.05 Å². The number of halogens is 1. The van der Waals surface area contributed by atoms with Crippen molar-refractivity contribution in [3.8, 4) is 5.75 Å². The Hall–Kier alpha value is -3.16. The van der Waals surface area contributed by atoms with Gasteiger partial charge >= 0.3 is 0 Å². The van der Waals surface area contributed by atoms with Crippen LogP contribution in [0.1, 0.15) is 46.3 Å². The summed E-state index contributed by atoms with van der Waals surface area (Å²) in [5, 5.41) is 7.25. The highest BCUT2D eigenvalue weighted by Crippen LogP contribution is 2.21. The highest BCUT2D eigenvalue weighted by molar-refractivity contribution is 5.92. The summed E-state index contributed by atoms with van der Waals surface area (Å²) in [4.78, 5) is 16.5. The number of amides is 1. The van der Waals surface area contributed by atoms with Gasteiger partial charge in [-0.1, -0.05) is 12.1 Å². The first-order valence-corrected chi connectivity index (χ1v) is 8.49. The molecule has 0 spiro atoms. The molecule has 2 heterocycles. The van der Waals surface area contributed by atoms with Gasteiger partial charge in [0.15, 0.2) is 23.9 Å². The number of carbonyl (C=O) groups excluding carboxylic acids is 1. The summed E-state index contributed by atoms with van der Waals surface area (Å²) in [6, 6.07) is 5.81. The number of aryl methyl sites for hydroxylation is 2. The van der Waals surface area contributed by atoms with E-state index in [1.807, 2.05) is 27.8 Å². The molecule has 0 fully saturated rings. The number of oxazole rings is 1. The second-order valence-electron chi connectivity index (χ2n) is 6.25. The molecule has 8 heteroatoms. The Morgan fingerprint density at radius 2 is 2.11 bits per heavy atom. The van der Waals surface area contributed by atoms with Crippen LogP contribution in [0, 0.1) is 19.7 Å². The molecule has 142 valence electrons. The molecule has 1 N–H and O–H groups in total. The Bertz CT molecular complexity index is 964. The molecule has 3 aromatic rings. The second-order valence-corrected chi connectivity index (χ2v) is 6.25. The van der Waals surface area contributed by atoms with Crippen molar-refractivity contribution in [3.63, 3.8) is 0 Å². The smallest absolute Gasteiger partial charge is 0.273 e. The molecule has 0 unspecified atom stereocenters. The molecule has 1 atom stereocenters. The fraction of sp³-hybridized carbons (Fsp3) is 0.316. The van der Waals surface area contributed by atoms with Gasteiger partial charge in [0.05, 0.1) is 11.7 Å². The molecule has 1 amide bonds. The largest absolute Gasteiger partial charge is 0.481 e. The van der Waals surface area contributed by atoms with E-state index in [1.54, 1.807) is 16.8 Å². The van der Waals surface area contributed by atoms with Crippen molar-refractivity contribution in [1.29, 1.82) is 0 Å². The maximum absolute atomic E-state index is 13.6. The average molecular weight is 372 g/mol. The lowest BCUT2D eigenvalue weighted by molar-refractivity contribution is 0.0934. The minimum atomic E-state index is -0.474. The first-order chi connectivity index (χ1) is 12.9. The molecular formula is C19H21FN4O3. The molecule has 27 heavy (non-hydrogen) atoms. The van der Waals surface area contributed by atoms with Gasteiger partial charge in [-0.15, -0.1) is 0 Å². The third-order valence-corrected chi connectivity index (χ3v) is 4.32. The van der Waals surface area contributed by atoms with Gasteiger partial charge in [-0.2, -0.15) is 5.10 Å². The van der Waals surface area contributed by atoms with Crippen LogP contribution in [0.25, 0.3) is 0 Å². The van der Waals surface area contributed by atoms with Crippen molar-refractivity contribution in [2.75, 3.05) is 0 Å². The summed E-state index contributed by atoms with van der Waals surface area (Å²) >= 11 is 0. The van der Waals surface area contributed by atoms with E-state index in [2.05, 4.69) is 15.4 Å². The highest BCUT2D eigenvalue weighted by atomic mass is 19.1. The Morgan fingerprint density at radius 1 is 1.37 bits per heavy atom. The van der Waals surface area contributed by atoms with Gasteiger partial charge in [0, 0.05) is 18.3 Å². The van der Waals surface area contributed by atoms with Gasteiger partial charge in [-0.3, -0.25) is 9.48 Å². The number of nitrogens with zero attached hydrogens (tertiary/aromatic N) is 3. The predicted molar refractivity (Wildman–Crippen MR) is 95.8 cm³/mol. The zero-order chi connectivity index (χ0) is 19.6. The standard InChI is InChI=1S/C19H21FN4O3/c1-11(18-12(2)23-24(4)13(18)3)21-19(25)15-9-27-17(22-15)10-26-16-8-6-5-7-14(16)20/h5-9,11H,10H2,1-4H3,(H,21,25)/t11-/m0/s1. The van der Waals surface area contributed by atoms with Crippen LogP contribution in [-0.4, -0.2) is 20.7 Å². The van der Waals surface area contributed by atoms with Crippen molar-refractivity contribution >= 4 is 5.91 Å². The van der Waals surface area contributed by atoms with Crippen molar-refractivity contribution in [1.82, 2.24) is 20.1 Å². The van der Waals surface area contributed by atoms with Crippen LogP contribution in [0.2, 0.25) is 0 Å². The predicted octanol–water partition coefficient (Wildman–Crippen LogP) is 3.23. The van der Waals surface area contributed by atoms with Crippen LogP contribution in [0.5, 0.6) is 5.75 Å². The van der Waals surface area contributed by atoms with E-state index in [4.69, 9.17) is 9.15 Å². The van der Waals surface area contributed by atoms with E-state index in [0.717, 1.165) is 17.0 Å². The normalized spacial score (nSPS) is 12.0. The Labute approximate surface area is 156 Å². The van der Waals surface area contributed by atoms with Crippen LogP contribution in [-0.2, 0) is 13.7 Å². The molecule has 0 aliphatic rings. The van der Waals surface area contributed by atoms with E-state index in [0.29, 0.717) is 0 Å². The van der Waals surface area contributed by atoms with Crippen molar-refractivity contribution in [3.05, 3.63) is 64.9 Å². The maximum Gasteiger partial charge on any atom is 0.273 e. The van der Waals surface area contributed by atoms with Crippen molar-refractivity contribution in [2.45, 2.75) is 33.4 Å². The zero-order valence-corrected chi connectivity index (χ0v) is 15.6. The van der Waals surface area contributed by atoms with Gasteiger partial charge in [0.1, 0.15) is 6.26 Å². The maximum atomic E-state index is 13.6. The SMILES string of the molecule is Cc1nn(C)c(C)c1[C@H](C)NC(=O)c1coc(COc2ccccc2F)n1. The summed E-state index contributed by atoms with van der Waals surface area (Å²) in [5.41, 5.74) is 2.95. The number of hydrogen-bond acceptors (Lipinski definition) is 5. The third-order valence-electron chi connectivity index (χ3n) is 4.32. The van der Waals surface area contributed by atoms with Crippen LogP contribution in [0.15, 0.2) is 34.9 Å². The van der Waals surface area contributed by atoms with Gasteiger partial charge in [-0.25, -0.2) is 9.37 Å². The fourth-order valence-electron chi connectivity index (χ4n) is 2.94. The van der Waals surface area contributed by atoms with E-state index in [9.17, 15) is 9.18 Å². The summed E-state index contributed by atoms with van der Waals surface area (Å²) in [6.45, 7) is 5.66. The first kappa shape index (κ1) is 18.6. The summed E-state index contributed by atoms with van der Waals surface area (Å²) in [5.74, 6) is -0.563. The van der Waals surface area contributed by atoms with Crippen LogP contribution in [0.3, 0.4) is 0 Å². The molecule has 3 rings (SSSR count).